The lowest BCUT2D eigenvalue weighted by Gasteiger charge is -2.20. The highest BCUT2D eigenvalue weighted by Crippen LogP contribution is 2.18. The number of benzene rings is 1. The lowest BCUT2D eigenvalue weighted by atomic mass is 9.89. The van der Waals surface area contributed by atoms with Crippen LogP contribution in [0.2, 0.25) is 0 Å². The fraction of sp³-hybridized carbons (Fsp3) is 0.588. The number of hydrogen-bond donors (Lipinski definition) is 0. The predicted octanol–water partition coefficient (Wildman–Crippen LogP) is 4.09. The van der Waals surface area contributed by atoms with Gasteiger partial charge in [-0.15, -0.1) is 0 Å². The summed E-state index contributed by atoms with van der Waals surface area (Å²) in [7, 11) is 0. The minimum atomic E-state index is 0.0312. The van der Waals surface area contributed by atoms with Crippen molar-refractivity contribution in [2.45, 2.75) is 40.7 Å². The van der Waals surface area contributed by atoms with Crippen LogP contribution in [0.25, 0.3) is 0 Å². The fourth-order valence-electron chi connectivity index (χ4n) is 2.20. The molecule has 19 heavy (non-hydrogen) atoms. The maximum absolute atomic E-state index is 12.1. The maximum atomic E-state index is 12.1. The van der Waals surface area contributed by atoms with Gasteiger partial charge in [-0.2, -0.15) is 0 Å². The van der Waals surface area contributed by atoms with E-state index < -0.39 is 0 Å². The number of rotatable bonds is 8. The number of carbonyl (C=O) groups is 1. The van der Waals surface area contributed by atoms with Crippen molar-refractivity contribution in [3.8, 4) is 0 Å². The average Bonchev–Trinajstić information content (AvgIpc) is 2.37. The van der Waals surface area contributed by atoms with Crippen LogP contribution in [0, 0.1) is 17.8 Å². The van der Waals surface area contributed by atoms with Gasteiger partial charge in [0.2, 0.25) is 0 Å². The molecule has 0 saturated heterocycles. The first-order valence-corrected chi connectivity index (χ1v) is 7.16. The van der Waals surface area contributed by atoms with Crippen LogP contribution in [-0.2, 0) is 16.1 Å². The molecule has 106 valence electrons. The lowest BCUT2D eigenvalue weighted by Crippen LogP contribution is -2.26. The Labute approximate surface area is 117 Å². The number of ether oxygens (including phenoxy) is 1. The largest absolute Gasteiger partial charge is 0.376 e. The Hall–Kier alpha value is -1.15. The molecule has 0 aliphatic rings. The van der Waals surface area contributed by atoms with Gasteiger partial charge in [-0.3, -0.25) is 4.79 Å². The molecule has 0 spiro atoms. The zero-order valence-corrected chi connectivity index (χ0v) is 12.6. The van der Waals surface area contributed by atoms with Crippen molar-refractivity contribution in [3.63, 3.8) is 0 Å². The van der Waals surface area contributed by atoms with E-state index in [4.69, 9.17) is 4.74 Å². The first-order chi connectivity index (χ1) is 9.00. The Bertz CT molecular complexity index is 368. The zero-order chi connectivity index (χ0) is 14.3. The van der Waals surface area contributed by atoms with Crippen LogP contribution >= 0.6 is 0 Å². The van der Waals surface area contributed by atoms with Crippen molar-refractivity contribution in [2.24, 2.45) is 17.8 Å². The van der Waals surface area contributed by atoms with Crippen molar-refractivity contribution in [2.75, 3.05) is 6.61 Å². The second-order valence-electron chi connectivity index (χ2n) is 5.88. The molecule has 2 heteroatoms. The molecule has 0 radical (unpaired) electrons. The summed E-state index contributed by atoms with van der Waals surface area (Å²) in [6, 6.07) is 10.1. The topological polar surface area (TPSA) is 26.3 Å². The maximum Gasteiger partial charge on any atom is 0.140 e. The number of hydrogen-bond acceptors (Lipinski definition) is 2. The molecule has 1 aromatic rings. The smallest absolute Gasteiger partial charge is 0.140 e. The van der Waals surface area contributed by atoms with Gasteiger partial charge in [0.05, 0.1) is 13.2 Å². The van der Waals surface area contributed by atoms with Gasteiger partial charge >= 0.3 is 0 Å². The van der Waals surface area contributed by atoms with Crippen LogP contribution in [0.3, 0.4) is 0 Å². The highest BCUT2D eigenvalue weighted by molar-refractivity contribution is 5.82. The number of carbonyl (C=O) groups excluding carboxylic acids is 1. The third-order valence-corrected chi connectivity index (χ3v) is 3.16. The van der Waals surface area contributed by atoms with Crippen LogP contribution in [0.4, 0.5) is 0 Å². The second kappa shape index (κ2) is 8.11. The molecule has 0 aliphatic heterocycles. The molecule has 0 heterocycles. The molecule has 0 N–H and O–H groups in total. The minimum absolute atomic E-state index is 0.0312. The molecule has 0 fully saturated rings. The van der Waals surface area contributed by atoms with Gasteiger partial charge in [0.1, 0.15) is 5.78 Å². The molecule has 0 amide bonds. The first-order valence-electron chi connectivity index (χ1n) is 7.16. The quantitative estimate of drug-likeness (QED) is 0.705. The van der Waals surface area contributed by atoms with Crippen molar-refractivity contribution in [3.05, 3.63) is 35.9 Å². The van der Waals surface area contributed by atoms with E-state index in [9.17, 15) is 4.79 Å². The second-order valence-corrected chi connectivity index (χ2v) is 5.88. The number of ketones is 1. The third-order valence-electron chi connectivity index (χ3n) is 3.16. The lowest BCUT2D eigenvalue weighted by molar-refractivity contribution is -0.128. The summed E-state index contributed by atoms with van der Waals surface area (Å²) in [5.41, 5.74) is 1.16. The van der Waals surface area contributed by atoms with E-state index in [-0.39, 0.29) is 11.8 Å². The van der Waals surface area contributed by atoms with Crippen LogP contribution in [-0.4, -0.2) is 12.4 Å². The van der Waals surface area contributed by atoms with Crippen LogP contribution in [0.1, 0.15) is 39.7 Å². The summed E-state index contributed by atoms with van der Waals surface area (Å²) >= 11 is 0. The van der Waals surface area contributed by atoms with E-state index in [0.717, 1.165) is 12.0 Å². The average molecular weight is 262 g/mol. The van der Waals surface area contributed by atoms with Crippen LogP contribution in [0.15, 0.2) is 30.3 Å². The molecule has 0 saturated carbocycles. The van der Waals surface area contributed by atoms with E-state index in [1.807, 2.05) is 44.2 Å². The normalized spacial score (nSPS) is 12.9. The molecule has 1 aromatic carbocycles. The highest BCUT2D eigenvalue weighted by Gasteiger charge is 2.22. The van der Waals surface area contributed by atoms with Gasteiger partial charge in [-0.05, 0) is 17.9 Å². The standard InChI is InChI=1S/C17H26O2/c1-13(2)10-16(17(18)14(3)4)12-19-11-15-8-6-5-7-9-15/h5-9,13-14,16H,10-12H2,1-4H3/t16-/m0/s1. The Morgan fingerprint density at radius 3 is 2.26 bits per heavy atom. The predicted molar refractivity (Wildman–Crippen MR) is 78.9 cm³/mol. The minimum Gasteiger partial charge on any atom is -0.376 e. The Morgan fingerprint density at radius 1 is 1.11 bits per heavy atom. The molecule has 2 nitrogen and oxygen atoms in total. The van der Waals surface area contributed by atoms with E-state index in [1.165, 1.54) is 0 Å². The molecule has 0 aromatic heterocycles. The summed E-state index contributed by atoms with van der Waals surface area (Å²) in [6.45, 7) is 9.35. The Balaban J connectivity index is 2.46. The molecule has 1 atom stereocenters. The third kappa shape index (κ3) is 6.02. The van der Waals surface area contributed by atoms with Gasteiger partial charge in [0.15, 0.2) is 0 Å². The van der Waals surface area contributed by atoms with Gasteiger partial charge in [0, 0.05) is 11.8 Å². The fourth-order valence-corrected chi connectivity index (χ4v) is 2.20. The number of Topliss-reactive ketones (excluding diaryl/α,β-unsaturated/α-hetero) is 1. The van der Waals surface area contributed by atoms with Crippen molar-refractivity contribution < 1.29 is 9.53 Å². The van der Waals surface area contributed by atoms with Crippen molar-refractivity contribution >= 4 is 5.78 Å². The summed E-state index contributed by atoms with van der Waals surface area (Å²) in [4.78, 5) is 12.1. The molecule has 0 unspecified atom stereocenters. The molecular formula is C17H26O2. The molecule has 1 rings (SSSR count). The summed E-state index contributed by atoms with van der Waals surface area (Å²) in [5.74, 6) is 0.961. The molecule has 0 bridgehead atoms. The van der Waals surface area contributed by atoms with Crippen molar-refractivity contribution in [1.82, 2.24) is 0 Å². The van der Waals surface area contributed by atoms with Gasteiger partial charge in [0.25, 0.3) is 0 Å². The Kier molecular flexibility index (Phi) is 6.79. The first kappa shape index (κ1) is 15.9. The highest BCUT2D eigenvalue weighted by atomic mass is 16.5. The summed E-state index contributed by atoms with van der Waals surface area (Å²) in [6.07, 6.45) is 0.909. The molecular weight excluding hydrogens is 236 g/mol. The van der Waals surface area contributed by atoms with Crippen molar-refractivity contribution in [1.29, 1.82) is 0 Å². The van der Waals surface area contributed by atoms with Gasteiger partial charge in [-0.1, -0.05) is 58.0 Å². The Morgan fingerprint density at radius 2 is 1.74 bits per heavy atom. The van der Waals surface area contributed by atoms with Gasteiger partial charge < -0.3 is 4.74 Å². The summed E-state index contributed by atoms with van der Waals surface area (Å²) < 4.78 is 5.73. The summed E-state index contributed by atoms with van der Waals surface area (Å²) in [5, 5.41) is 0. The van der Waals surface area contributed by atoms with E-state index in [0.29, 0.717) is 24.9 Å². The monoisotopic (exact) mass is 262 g/mol. The molecule has 0 aliphatic carbocycles. The van der Waals surface area contributed by atoms with E-state index in [2.05, 4.69) is 13.8 Å². The van der Waals surface area contributed by atoms with Gasteiger partial charge in [-0.25, -0.2) is 0 Å². The van der Waals surface area contributed by atoms with Crippen LogP contribution in [0.5, 0.6) is 0 Å². The zero-order valence-electron chi connectivity index (χ0n) is 12.6. The van der Waals surface area contributed by atoms with Crippen LogP contribution < -0.4 is 0 Å². The van der Waals surface area contributed by atoms with E-state index in [1.54, 1.807) is 0 Å². The van der Waals surface area contributed by atoms with E-state index >= 15 is 0 Å². The SMILES string of the molecule is CC(C)C[C@@H](COCc1ccccc1)C(=O)C(C)C.